The summed E-state index contributed by atoms with van der Waals surface area (Å²) < 4.78 is 0. The van der Waals surface area contributed by atoms with Gasteiger partial charge < -0.3 is 0 Å². The van der Waals surface area contributed by atoms with Crippen molar-refractivity contribution in [3.8, 4) is 0 Å². The number of hydrogen-bond donors (Lipinski definition) is 0. The second-order valence-electron chi connectivity index (χ2n) is 4.26. The molecule has 0 bridgehead atoms. The van der Waals surface area contributed by atoms with E-state index in [4.69, 9.17) is 0 Å². The fourth-order valence-electron chi connectivity index (χ4n) is 1.96. The van der Waals surface area contributed by atoms with Crippen molar-refractivity contribution in [2.75, 3.05) is 6.54 Å². The second-order valence-corrected chi connectivity index (χ2v) is 4.26. The van der Waals surface area contributed by atoms with Gasteiger partial charge in [-0.15, -0.1) is 0 Å². The molecule has 0 N–H and O–H groups in total. The molecule has 4 heteroatoms. The van der Waals surface area contributed by atoms with Gasteiger partial charge >= 0.3 is 0 Å². The lowest BCUT2D eigenvalue weighted by Gasteiger charge is -2.24. The van der Waals surface area contributed by atoms with Crippen LogP contribution in [0.15, 0.2) is 28.9 Å². The molecule has 1 saturated heterocycles. The number of rotatable bonds is 6. The maximum absolute atomic E-state index is 11.6. The lowest BCUT2D eigenvalue weighted by Crippen LogP contribution is -2.40. The van der Waals surface area contributed by atoms with E-state index in [9.17, 15) is 9.59 Å². The standard InChI is InChI=1S/C14H20N2O2/c1-3-12(9-10-15-2)6-5-11-16-13(17)7-4-8-14(16)18/h3,9-10H,2,4-8,11H2,1H3. The van der Waals surface area contributed by atoms with Crippen molar-refractivity contribution in [3.05, 3.63) is 23.9 Å². The molecular formula is C14H20N2O2. The molecule has 0 spiro atoms. The molecule has 1 heterocycles. The van der Waals surface area contributed by atoms with Crippen molar-refractivity contribution in [3.63, 3.8) is 0 Å². The highest BCUT2D eigenvalue weighted by atomic mass is 16.2. The minimum absolute atomic E-state index is 0.0309. The van der Waals surface area contributed by atoms with Crippen LogP contribution in [-0.4, -0.2) is 30.0 Å². The van der Waals surface area contributed by atoms with Crippen LogP contribution in [0.3, 0.4) is 0 Å². The summed E-state index contributed by atoms with van der Waals surface area (Å²) >= 11 is 0. The molecule has 0 radical (unpaired) electrons. The van der Waals surface area contributed by atoms with E-state index in [1.807, 2.05) is 19.1 Å². The quantitative estimate of drug-likeness (QED) is 0.412. The van der Waals surface area contributed by atoms with Crippen LogP contribution in [0.25, 0.3) is 0 Å². The largest absolute Gasteiger partial charge is 0.283 e. The average Bonchev–Trinajstić information content (AvgIpc) is 2.36. The van der Waals surface area contributed by atoms with E-state index in [2.05, 4.69) is 11.7 Å². The van der Waals surface area contributed by atoms with Gasteiger partial charge in [-0.25, -0.2) is 0 Å². The van der Waals surface area contributed by atoms with Crippen LogP contribution in [0.2, 0.25) is 0 Å². The Hall–Kier alpha value is -1.71. The summed E-state index contributed by atoms with van der Waals surface area (Å²) in [5, 5.41) is 0. The van der Waals surface area contributed by atoms with Gasteiger partial charge in [0.25, 0.3) is 0 Å². The van der Waals surface area contributed by atoms with Crippen molar-refractivity contribution in [1.82, 2.24) is 4.90 Å². The fourth-order valence-corrected chi connectivity index (χ4v) is 1.96. The van der Waals surface area contributed by atoms with Crippen molar-refractivity contribution in [2.24, 2.45) is 4.99 Å². The average molecular weight is 248 g/mol. The molecule has 4 nitrogen and oxygen atoms in total. The first kappa shape index (κ1) is 14.4. The Morgan fingerprint density at radius 2 is 2.06 bits per heavy atom. The fraction of sp³-hybridized carbons (Fsp3) is 0.500. The highest BCUT2D eigenvalue weighted by Gasteiger charge is 2.24. The van der Waals surface area contributed by atoms with Gasteiger partial charge in [0.1, 0.15) is 0 Å². The minimum atomic E-state index is -0.0309. The molecule has 1 aliphatic rings. The number of hydrogen-bond acceptors (Lipinski definition) is 3. The van der Waals surface area contributed by atoms with Crippen LogP contribution in [-0.2, 0) is 9.59 Å². The third kappa shape index (κ3) is 4.28. The van der Waals surface area contributed by atoms with E-state index in [1.165, 1.54) is 4.90 Å². The van der Waals surface area contributed by atoms with Crippen LogP contribution in [0.1, 0.15) is 39.0 Å². The van der Waals surface area contributed by atoms with E-state index < -0.39 is 0 Å². The highest BCUT2D eigenvalue weighted by molar-refractivity contribution is 5.97. The Kier molecular flexibility index (Phi) is 6.05. The van der Waals surface area contributed by atoms with Crippen molar-refractivity contribution in [1.29, 1.82) is 0 Å². The molecule has 0 aromatic rings. The van der Waals surface area contributed by atoms with Crippen LogP contribution in [0.5, 0.6) is 0 Å². The normalized spacial score (nSPS) is 17.6. The Bertz CT molecular complexity index is 367. The van der Waals surface area contributed by atoms with Gasteiger partial charge in [-0.2, -0.15) is 0 Å². The van der Waals surface area contributed by atoms with Crippen molar-refractivity contribution < 1.29 is 9.59 Å². The van der Waals surface area contributed by atoms with Crippen LogP contribution < -0.4 is 0 Å². The topological polar surface area (TPSA) is 49.7 Å². The summed E-state index contributed by atoms with van der Waals surface area (Å²) in [4.78, 5) is 28.2. The van der Waals surface area contributed by atoms with Gasteiger partial charge in [0, 0.05) is 25.6 Å². The molecule has 0 unspecified atom stereocenters. The maximum atomic E-state index is 11.6. The smallest absolute Gasteiger partial charge is 0.229 e. The molecule has 0 aromatic heterocycles. The first-order chi connectivity index (χ1) is 8.69. The number of allylic oxidation sites excluding steroid dienone is 3. The maximum Gasteiger partial charge on any atom is 0.229 e. The summed E-state index contributed by atoms with van der Waals surface area (Å²) in [6.45, 7) is 5.86. The molecular weight excluding hydrogens is 228 g/mol. The zero-order chi connectivity index (χ0) is 13.4. The Morgan fingerprint density at radius 3 is 2.61 bits per heavy atom. The molecule has 1 aliphatic heterocycles. The van der Waals surface area contributed by atoms with E-state index in [-0.39, 0.29) is 11.8 Å². The van der Waals surface area contributed by atoms with Gasteiger partial charge in [0.05, 0.1) is 0 Å². The molecule has 18 heavy (non-hydrogen) atoms. The van der Waals surface area contributed by atoms with Gasteiger partial charge in [0.2, 0.25) is 11.8 Å². The van der Waals surface area contributed by atoms with Crippen LogP contribution >= 0.6 is 0 Å². The predicted molar refractivity (Wildman–Crippen MR) is 72.3 cm³/mol. The number of carbonyl (C=O) groups is 2. The van der Waals surface area contributed by atoms with Crippen LogP contribution in [0.4, 0.5) is 0 Å². The van der Waals surface area contributed by atoms with Gasteiger partial charge in [-0.3, -0.25) is 19.5 Å². The number of imide groups is 1. The Balaban J connectivity index is 2.40. The Morgan fingerprint density at radius 1 is 1.39 bits per heavy atom. The minimum Gasteiger partial charge on any atom is -0.283 e. The molecule has 98 valence electrons. The Labute approximate surface area is 108 Å². The molecule has 0 saturated carbocycles. The summed E-state index contributed by atoms with van der Waals surface area (Å²) in [5.74, 6) is -0.0619. The number of aliphatic imine (C=N–C) groups is 1. The lowest BCUT2D eigenvalue weighted by atomic mass is 10.1. The zero-order valence-corrected chi connectivity index (χ0v) is 10.9. The first-order valence-electron chi connectivity index (χ1n) is 6.29. The molecule has 1 fully saturated rings. The number of likely N-dealkylation sites (tertiary alicyclic amines) is 1. The second kappa shape index (κ2) is 7.58. The van der Waals surface area contributed by atoms with E-state index in [1.54, 1.807) is 6.20 Å². The molecule has 0 atom stereocenters. The van der Waals surface area contributed by atoms with Crippen LogP contribution in [0, 0.1) is 0 Å². The molecule has 0 aromatic carbocycles. The summed E-state index contributed by atoms with van der Waals surface area (Å²) in [7, 11) is 0. The monoisotopic (exact) mass is 248 g/mol. The van der Waals surface area contributed by atoms with Gasteiger partial charge in [-0.1, -0.05) is 11.6 Å². The van der Waals surface area contributed by atoms with Crippen molar-refractivity contribution in [2.45, 2.75) is 39.0 Å². The zero-order valence-electron chi connectivity index (χ0n) is 10.9. The number of carbonyl (C=O) groups excluding carboxylic acids is 2. The summed E-state index contributed by atoms with van der Waals surface area (Å²) in [6.07, 6.45) is 8.87. The van der Waals surface area contributed by atoms with Gasteiger partial charge in [-0.05, 0) is 39.0 Å². The van der Waals surface area contributed by atoms with E-state index >= 15 is 0 Å². The number of nitrogens with zero attached hydrogens (tertiary/aromatic N) is 2. The van der Waals surface area contributed by atoms with E-state index in [0.29, 0.717) is 25.8 Å². The molecule has 0 aliphatic carbocycles. The highest BCUT2D eigenvalue weighted by Crippen LogP contribution is 2.14. The van der Waals surface area contributed by atoms with Gasteiger partial charge in [0.15, 0.2) is 0 Å². The third-order valence-corrected chi connectivity index (χ3v) is 3.00. The first-order valence-corrected chi connectivity index (χ1v) is 6.29. The lowest BCUT2D eigenvalue weighted by molar-refractivity contribution is -0.147. The summed E-state index contributed by atoms with van der Waals surface area (Å²) in [6, 6.07) is 0. The number of piperidine rings is 1. The summed E-state index contributed by atoms with van der Waals surface area (Å²) in [5.41, 5.74) is 1.14. The van der Waals surface area contributed by atoms with E-state index in [0.717, 1.165) is 18.4 Å². The SMILES string of the molecule is C=NC=CC(=CC)CCCN1C(=O)CCCC1=O. The number of amides is 2. The molecule has 2 amide bonds. The molecule has 1 rings (SSSR count). The van der Waals surface area contributed by atoms with Crippen molar-refractivity contribution >= 4 is 18.5 Å². The third-order valence-electron chi connectivity index (χ3n) is 3.00. The predicted octanol–water partition coefficient (Wildman–Crippen LogP) is 2.47.